The number of nitrogens with zero attached hydrogens (tertiary/aromatic N) is 2. The molecule has 0 bridgehead atoms. The number of carbonyl (C=O) groups excluding carboxylic acids is 1. The minimum absolute atomic E-state index is 0.191. The van der Waals surface area contributed by atoms with E-state index >= 15 is 0 Å². The van der Waals surface area contributed by atoms with Crippen LogP contribution in [0.3, 0.4) is 0 Å². The molecule has 1 amide bonds. The van der Waals surface area contributed by atoms with Crippen molar-refractivity contribution in [3.05, 3.63) is 24.2 Å². The molecule has 124 valence electrons. The quantitative estimate of drug-likeness (QED) is 0.851. The fourth-order valence-electron chi connectivity index (χ4n) is 2.82. The molecule has 0 saturated carbocycles. The van der Waals surface area contributed by atoms with Crippen molar-refractivity contribution in [1.29, 1.82) is 0 Å². The zero-order chi connectivity index (χ0) is 16.3. The van der Waals surface area contributed by atoms with Crippen molar-refractivity contribution in [2.24, 2.45) is 0 Å². The van der Waals surface area contributed by atoms with E-state index in [2.05, 4.69) is 18.9 Å². The number of likely N-dealkylation sites (tertiary alicyclic amines) is 1. The number of carbonyl (C=O) groups is 1. The van der Waals surface area contributed by atoms with Crippen molar-refractivity contribution in [2.75, 3.05) is 20.1 Å². The van der Waals surface area contributed by atoms with Gasteiger partial charge in [-0.05, 0) is 59.7 Å². The van der Waals surface area contributed by atoms with Crippen molar-refractivity contribution in [2.45, 2.75) is 58.2 Å². The lowest BCUT2D eigenvalue weighted by atomic mass is 10.1. The van der Waals surface area contributed by atoms with Crippen LogP contribution >= 0.6 is 0 Å². The van der Waals surface area contributed by atoms with Crippen LogP contribution in [0.15, 0.2) is 22.8 Å². The van der Waals surface area contributed by atoms with Crippen LogP contribution in [0, 0.1) is 0 Å². The first-order valence-corrected chi connectivity index (χ1v) is 8.01. The van der Waals surface area contributed by atoms with Crippen LogP contribution in [-0.2, 0) is 4.74 Å². The number of ether oxygens (including phenoxy) is 1. The lowest BCUT2D eigenvalue weighted by Crippen LogP contribution is -2.44. The van der Waals surface area contributed by atoms with Crippen LogP contribution < -0.4 is 0 Å². The molecule has 2 heterocycles. The molecule has 1 aromatic rings. The van der Waals surface area contributed by atoms with E-state index in [1.165, 1.54) is 0 Å². The van der Waals surface area contributed by atoms with Crippen LogP contribution in [0.1, 0.15) is 52.3 Å². The van der Waals surface area contributed by atoms with Gasteiger partial charge in [0.1, 0.15) is 11.4 Å². The zero-order valence-electron chi connectivity index (χ0n) is 14.3. The molecule has 1 aromatic heterocycles. The van der Waals surface area contributed by atoms with E-state index in [0.29, 0.717) is 0 Å². The monoisotopic (exact) mass is 308 g/mol. The van der Waals surface area contributed by atoms with Crippen LogP contribution in [0.25, 0.3) is 0 Å². The maximum atomic E-state index is 12.3. The highest BCUT2D eigenvalue weighted by Gasteiger charge is 2.33. The fraction of sp³-hybridized carbons (Fsp3) is 0.706. The van der Waals surface area contributed by atoms with Crippen LogP contribution in [-0.4, -0.2) is 47.7 Å². The van der Waals surface area contributed by atoms with Gasteiger partial charge in [-0.15, -0.1) is 0 Å². The number of amides is 1. The van der Waals surface area contributed by atoms with Crippen LogP contribution in [0.5, 0.6) is 0 Å². The second-order valence-corrected chi connectivity index (χ2v) is 7.10. The van der Waals surface area contributed by atoms with E-state index in [0.717, 1.165) is 31.7 Å². The minimum atomic E-state index is -0.447. The molecule has 1 saturated heterocycles. The highest BCUT2D eigenvalue weighted by atomic mass is 16.6. The van der Waals surface area contributed by atoms with Gasteiger partial charge in [0.15, 0.2) is 0 Å². The highest BCUT2D eigenvalue weighted by molar-refractivity contribution is 5.69. The predicted octanol–water partition coefficient (Wildman–Crippen LogP) is 3.67. The Morgan fingerprint density at radius 1 is 1.55 bits per heavy atom. The van der Waals surface area contributed by atoms with Gasteiger partial charge in [-0.2, -0.15) is 0 Å². The van der Waals surface area contributed by atoms with E-state index < -0.39 is 5.60 Å². The predicted molar refractivity (Wildman–Crippen MR) is 85.7 cm³/mol. The van der Waals surface area contributed by atoms with Gasteiger partial charge >= 0.3 is 6.09 Å². The molecular formula is C17H28N2O3. The molecule has 1 aliphatic heterocycles. The summed E-state index contributed by atoms with van der Waals surface area (Å²) in [7, 11) is 2.07. The molecule has 0 spiro atoms. The summed E-state index contributed by atoms with van der Waals surface area (Å²) in [6.45, 7) is 9.43. The topological polar surface area (TPSA) is 45.9 Å². The maximum absolute atomic E-state index is 12.3. The molecule has 2 atom stereocenters. The molecule has 5 heteroatoms. The first-order valence-electron chi connectivity index (χ1n) is 8.01. The van der Waals surface area contributed by atoms with Crippen molar-refractivity contribution in [3.63, 3.8) is 0 Å². The second-order valence-electron chi connectivity index (χ2n) is 7.10. The number of hydrogen-bond acceptors (Lipinski definition) is 4. The second kappa shape index (κ2) is 6.73. The molecule has 0 aromatic carbocycles. The highest BCUT2D eigenvalue weighted by Crippen LogP contribution is 2.25. The molecule has 5 nitrogen and oxygen atoms in total. The summed E-state index contributed by atoms with van der Waals surface area (Å²) in [4.78, 5) is 16.4. The Morgan fingerprint density at radius 3 is 2.86 bits per heavy atom. The average Bonchev–Trinajstić information content (AvgIpc) is 3.06. The standard InChI is InChI=1S/C17H28N2O3/c1-13(15-9-7-11-21-15)18(5)12-14-8-6-10-19(14)16(20)22-17(2,3)4/h7,9,11,13-14H,6,8,10,12H2,1-5H3/t13-,14+/m0/s1. The van der Waals surface area contributed by atoms with Gasteiger partial charge in [-0.1, -0.05) is 0 Å². The van der Waals surface area contributed by atoms with E-state index in [1.807, 2.05) is 37.8 Å². The number of hydrogen-bond donors (Lipinski definition) is 0. The summed E-state index contributed by atoms with van der Waals surface area (Å²) < 4.78 is 11.0. The Hall–Kier alpha value is -1.49. The Morgan fingerprint density at radius 2 is 2.27 bits per heavy atom. The van der Waals surface area contributed by atoms with E-state index in [4.69, 9.17) is 9.15 Å². The molecule has 22 heavy (non-hydrogen) atoms. The number of furan rings is 1. The zero-order valence-corrected chi connectivity index (χ0v) is 14.3. The van der Waals surface area contributed by atoms with Gasteiger partial charge in [0.25, 0.3) is 0 Å². The van der Waals surface area contributed by atoms with Gasteiger partial charge < -0.3 is 14.1 Å². The molecular weight excluding hydrogens is 280 g/mol. The molecule has 2 rings (SSSR count). The summed E-state index contributed by atoms with van der Waals surface area (Å²) in [5, 5.41) is 0. The Balaban J connectivity index is 1.94. The van der Waals surface area contributed by atoms with Gasteiger partial charge in [-0.3, -0.25) is 4.90 Å². The molecule has 0 aliphatic carbocycles. The van der Waals surface area contributed by atoms with Gasteiger partial charge in [-0.25, -0.2) is 4.79 Å². The SMILES string of the molecule is C[C@@H](c1ccco1)N(C)C[C@H]1CCCN1C(=O)OC(C)(C)C. The third kappa shape index (κ3) is 4.26. The molecule has 0 radical (unpaired) electrons. The first-order chi connectivity index (χ1) is 10.3. The summed E-state index contributed by atoms with van der Waals surface area (Å²) in [5.41, 5.74) is -0.447. The largest absolute Gasteiger partial charge is 0.468 e. The third-order valence-electron chi connectivity index (χ3n) is 4.12. The van der Waals surface area contributed by atoms with Gasteiger partial charge in [0, 0.05) is 19.1 Å². The smallest absolute Gasteiger partial charge is 0.410 e. The van der Waals surface area contributed by atoms with Crippen molar-refractivity contribution in [1.82, 2.24) is 9.80 Å². The first kappa shape index (κ1) is 16.9. The van der Waals surface area contributed by atoms with E-state index in [9.17, 15) is 4.79 Å². The Labute approximate surface area is 133 Å². The van der Waals surface area contributed by atoms with E-state index in [1.54, 1.807) is 6.26 Å². The summed E-state index contributed by atoms with van der Waals surface area (Å²) >= 11 is 0. The Bertz CT molecular complexity index is 479. The molecule has 1 aliphatic rings. The number of likely N-dealkylation sites (N-methyl/N-ethyl adjacent to an activating group) is 1. The maximum Gasteiger partial charge on any atom is 0.410 e. The van der Waals surface area contributed by atoms with Crippen molar-refractivity contribution >= 4 is 6.09 Å². The summed E-state index contributed by atoms with van der Waals surface area (Å²) in [6.07, 6.45) is 3.55. The van der Waals surface area contributed by atoms with Crippen molar-refractivity contribution < 1.29 is 13.9 Å². The number of rotatable bonds is 4. The van der Waals surface area contributed by atoms with E-state index in [-0.39, 0.29) is 18.2 Å². The molecule has 1 fully saturated rings. The third-order valence-corrected chi connectivity index (χ3v) is 4.12. The normalized spacial score (nSPS) is 20.5. The lowest BCUT2D eigenvalue weighted by molar-refractivity contribution is 0.0191. The minimum Gasteiger partial charge on any atom is -0.468 e. The van der Waals surface area contributed by atoms with Crippen LogP contribution in [0.4, 0.5) is 4.79 Å². The lowest BCUT2D eigenvalue weighted by Gasteiger charge is -2.32. The molecule has 0 N–H and O–H groups in total. The average molecular weight is 308 g/mol. The van der Waals surface area contributed by atoms with Gasteiger partial charge in [0.2, 0.25) is 0 Å². The van der Waals surface area contributed by atoms with Crippen LogP contribution in [0.2, 0.25) is 0 Å². The summed E-state index contributed by atoms with van der Waals surface area (Å²) in [5.74, 6) is 0.948. The van der Waals surface area contributed by atoms with Crippen molar-refractivity contribution in [3.8, 4) is 0 Å². The summed E-state index contributed by atoms with van der Waals surface area (Å²) in [6, 6.07) is 4.29. The molecule has 0 unspecified atom stereocenters. The Kier molecular flexibility index (Phi) is 5.16. The van der Waals surface area contributed by atoms with Gasteiger partial charge in [0.05, 0.1) is 12.3 Å². The fourth-order valence-corrected chi connectivity index (χ4v) is 2.82.